The number of hydrogen-bond acceptors (Lipinski definition) is 5. The van der Waals surface area contributed by atoms with Gasteiger partial charge in [-0.1, -0.05) is 11.6 Å². The molecular weight excluding hydrogens is 260 g/mol. The zero-order valence-electron chi connectivity index (χ0n) is 9.48. The summed E-state index contributed by atoms with van der Waals surface area (Å²) in [5.74, 6) is 0.720. The Morgan fingerprint density at radius 3 is 2.94 bits per heavy atom. The molecule has 0 aliphatic heterocycles. The van der Waals surface area contributed by atoms with Crippen LogP contribution in [0.15, 0.2) is 17.4 Å². The van der Waals surface area contributed by atoms with E-state index in [0.717, 1.165) is 23.6 Å². The van der Waals surface area contributed by atoms with Crippen molar-refractivity contribution in [3.05, 3.63) is 17.5 Å². The monoisotopic (exact) mass is 272 g/mol. The van der Waals surface area contributed by atoms with Gasteiger partial charge in [0, 0.05) is 5.75 Å². The van der Waals surface area contributed by atoms with Crippen molar-refractivity contribution in [3.8, 4) is 0 Å². The second-order valence-electron chi connectivity index (χ2n) is 4.22. The second kappa shape index (κ2) is 5.23. The number of rotatable bonds is 5. The first-order valence-corrected chi connectivity index (χ1v) is 6.67. The minimum atomic E-state index is -0.139. The molecule has 92 valence electrons. The van der Waals surface area contributed by atoms with Crippen molar-refractivity contribution >= 4 is 29.3 Å². The van der Waals surface area contributed by atoms with Crippen LogP contribution >= 0.6 is 23.4 Å². The summed E-state index contributed by atoms with van der Waals surface area (Å²) in [5.41, 5.74) is 0.0990. The summed E-state index contributed by atoms with van der Waals surface area (Å²) in [6.07, 6.45) is 5.83. The Labute approximate surface area is 109 Å². The van der Waals surface area contributed by atoms with E-state index < -0.39 is 0 Å². The van der Waals surface area contributed by atoms with Crippen LogP contribution < -0.4 is 0 Å². The maximum Gasteiger partial charge on any atom is 0.306 e. The van der Waals surface area contributed by atoms with Crippen LogP contribution in [0.5, 0.6) is 0 Å². The largest absolute Gasteiger partial charge is 0.469 e. The van der Waals surface area contributed by atoms with E-state index >= 15 is 0 Å². The highest BCUT2D eigenvalue weighted by atomic mass is 35.5. The van der Waals surface area contributed by atoms with E-state index in [2.05, 4.69) is 9.97 Å². The SMILES string of the molecule is COC(=O)CC1(CSc2cncc(Cl)n2)CC1. The number of hydrogen-bond donors (Lipinski definition) is 0. The highest BCUT2D eigenvalue weighted by Gasteiger charge is 2.44. The minimum absolute atomic E-state index is 0.0990. The van der Waals surface area contributed by atoms with Gasteiger partial charge in [0.05, 0.1) is 25.9 Å². The highest BCUT2D eigenvalue weighted by molar-refractivity contribution is 7.99. The molecule has 1 heterocycles. The molecule has 1 saturated carbocycles. The van der Waals surface area contributed by atoms with E-state index in [1.807, 2.05) is 0 Å². The maximum atomic E-state index is 11.3. The van der Waals surface area contributed by atoms with Gasteiger partial charge in [0.15, 0.2) is 0 Å². The van der Waals surface area contributed by atoms with Crippen molar-refractivity contribution in [3.63, 3.8) is 0 Å². The predicted octanol–water partition coefficient (Wildman–Crippen LogP) is 2.57. The molecule has 0 saturated heterocycles. The van der Waals surface area contributed by atoms with Crippen LogP contribution in [0.1, 0.15) is 19.3 Å². The van der Waals surface area contributed by atoms with Crippen molar-refractivity contribution in [1.82, 2.24) is 9.97 Å². The van der Waals surface area contributed by atoms with Gasteiger partial charge in [-0.15, -0.1) is 11.8 Å². The third kappa shape index (κ3) is 3.57. The van der Waals surface area contributed by atoms with Gasteiger partial charge in [0.25, 0.3) is 0 Å². The van der Waals surface area contributed by atoms with Gasteiger partial charge in [-0.2, -0.15) is 0 Å². The van der Waals surface area contributed by atoms with Gasteiger partial charge in [0.2, 0.25) is 0 Å². The number of aromatic nitrogens is 2. The molecule has 6 heteroatoms. The Hall–Kier alpha value is -0.810. The third-order valence-electron chi connectivity index (χ3n) is 2.81. The van der Waals surface area contributed by atoms with Gasteiger partial charge < -0.3 is 4.74 Å². The first kappa shape index (κ1) is 12.6. The molecule has 0 atom stereocenters. The molecule has 1 aromatic rings. The fraction of sp³-hybridized carbons (Fsp3) is 0.545. The lowest BCUT2D eigenvalue weighted by atomic mass is 10.1. The molecule has 4 nitrogen and oxygen atoms in total. The first-order chi connectivity index (χ1) is 8.13. The van der Waals surface area contributed by atoms with Crippen molar-refractivity contribution in [2.75, 3.05) is 12.9 Å². The number of ether oxygens (including phenoxy) is 1. The lowest BCUT2D eigenvalue weighted by Crippen LogP contribution is -2.13. The zero-order valence-corrected chi connectivity index (χ0v) is 11.1. The average molecular weight is 273 g/mol. The van der Waals surface area contributed by atoms with Gasteiger partial charge in [0.1, 0.15) is 10.2 Å². The molecule has 0 radical (unpaired) electrons. The number of nitrogens with zero attached hydrogens (tertiary/aromatic N) is 2. The van der Waals surface area contributed by atoms with Crippen LogP contribution in [-0.2, 0) is 9.53 Å². The van der Waals surface area contributed by atoms with Gasteiger partial charge in [-0.05, 0) is 18.3 Å². The van der Waals surface area contributed by atoms with E-state index in [-0.39, 0.29) is 11.4 Å². The van der Waals surface area contributed by atoms with Crippen molar-refractivity contribution in [2.45, 2.75) is 24.3 Å². The Balaban J connectivity index is 1.88. The Morgan fingerprint density at radius 1 is 1.59 bits per heavy atom. The van der Waals surface area contributed by atoms with Crippen LogP contribution in [0.25, 0.3) is 0 Å². The molecule has 0 unspecified atom stereocenters. The Kier molecular flexibility index (Phi) is 3.89. The molecule has 0 bridgehead atoms. The van der Waals surface area contributed by atoms with Gasteiger partial charge in [-0.25, -0.2) is 4.98 Å². The van der Waals surface area contributed by atoms with E-state index in [0.29, 0.717) is 11.6 Å². The van der Waals surface area contributed by atoms with Crippen LogP contribution in [0, 0.1) is 5.41 Å². The summed E-state index contributed by atoms with van der Waals surface area (Å²) >= 11 is 7.35. The average Bonchev–Trinajstić information content (AvgIpc) is 3.07. The van der Waals surface area contributed by atoms with Crippen molar-refractivity contribution < 1.29 is 9.53 Å². The Bertz CT molecular complexity index is 424. The lowest BCUT2D eigenvalue weighted by molar-refractivity contribution is -0.141. The highest BCUT2D eigenvalue weighted by Crippen LogP contribution is 2.51. The summed E-state index contributed by atoms with van der Waals surface area (Å²) < 4.78 is 4.70. The fourth-order valence-electron chi connectivity index (χ4n) is 1.55. The molecule has 0 amide bonds. The topological polar surface area (TPSA) is 52.1 Å². The molecule has 1 aliphatic rings. The number of halogens is 1. The van der Waals surface area contributed by atoms with Crippen LogP contribution in [0.3, 0.4) is 0 Å². The molecule has 0 aromatic carbocycles. The number of carbonyl (C=O) groups is 1. The summed E-state index contributed by atoms with van der Waals surface area (Å²) in [6, 6.07) is 0. The number of thioether (sulfide) groups is 1. The second-order valence-corrected chi connectivity index (χ2v) is 5.60. The van der Waals surface area contributed by atoms with Crippen molar-refractivity contribution in [2.24, 2.45) is 5.41 Å². The van der Waals surface area contributed by atoms with E-state index in [1.54, 1.807) is 18.0 Å². The summed E-state index contributed by atoms with van der Waals surface area (Å²) in [4.78, 5) is 19.4. The molecule has 0 N–H and O–H groups in total. The molecule has 1 aliphatic carbocycles. The summed E-state index contributed by atoms with van der Waals surface area (Å²) in [7, 11) is 1.42. The Morgan fingerprint density at radius 2 is 2.35 bits per heavy atom. The van der Waals surface area contributed by atoms with Crippen LogP contribution in [0.4, 0.5) is 0 Å². The molecule has 1 fully saturated rings. The fourth-order valence-corrected chi connectivity index (χ4v) is 2.89. The molecule has 0 spiro atoms. The lowest BCUT2D eigenvalue weighted by Gasteiger charge is -2.12. The summed E-state index contributed by atoms with van der Waals surface area (Å²) in [5, 5.41) is 1.20. The quantitative estimate of drug-likeness (QED) is 0.609. The first-order valence-electron chi connectivity index (χ1n) is 5.31. The number of methoxy groups -OCH3 is 1. The maximum absolute atomic E-state index is 11.3. The normalized spacial score (nSPS) is 16.6. The van der Waals surface area contributed by atoms with Gasteiger partial charge >= 0.3 is 5.97 Å². The molecule has 1 aromatic heterocycles. The van der Waals surface area contributed by atoms with Crippen molar-refractivity contribution in [1.29, 1.82) is 0 Å². The molecular formula is C11H13ClN2O2S. The standard InChI is InChI=1S/C11H13ClN2O2S/c1-16-10(15)4-11(2-3-11)7-17-9-6-13-5-8(12)14-9/h5-6H,2-4,7H2,1H3. The van der Waals surface area contributed by atoms with E-state index in [9.17, 15) is 4.79 Å². The predicted molar refractivity (Wildman–Crippen MR) is 66.1 cm³/mol. The minimum Gasteiger partial charge on any atom is -0.469 e. The third-order valence-corrected chi connectivity index (χ3v) is 4.24. The number of esters is 1. The van der Waals surface area contributed by atoms with E-state index in [1.165, 1.54) is 13.3 Å². The smallest absolute Gasteiger partial charge is 0.306 e. The number of carbonyl (C=O) groups excluding carboxylic acids is 1. The van der Waals surface area contributed by atoms with E-state index in [4.69, 9.17) is 16.3 Å². The van der Waals surface area contributed by atoms with Crippen LogP contribution in [-0.4, -0.2) is 28.8 Å². The van der Waals surface area contributed by atoms with Gasteiger partial charge in [-0.3, -0.25) is 9.78 Å². The molecule has 2 rings (SSSR count). The zero-order chi connectivity index (χ0) is 12.3. The molecule has 17 heavy (non-hydrogen) atoms. The summed E-state index contributed by atoms with van der Waals surface area (Å²) in [6.45, 7) is 0. The van der Waals surface area contributed by atoms with Crippen LogP contribution in [0.2, 0.25) is 5.15 Å².